The van der Waals surface area contributed by atoms with E-state index in [0.717, 1.165) is 5.56 Å². The van der Waals surface area contributed by atoms with Gasteiger partial charge in [0.15, 0.2) is 5.76 Å². The summed E-state index contributed by atoms with van der Waals surface area (Å²) in [6.07, 6.45) is 2.19. The van der Waals surface area contributed by atoms with Gasteiger partial charge in [0, 0.05) is 23.4 Å². The number of carbonyl (C=O) groups is 2. The highest BCUT2D eigenvalue weighted by molar-refractivity contribution is 8.01. The summed E-state index contributed by atoms with van der Waals surface area (Å²) in [5, 5.41) is 5.61. The number of hydrogen-bond donors (Lipinski definition) is 2. The third-order valence-corrected chi connectivity index (χ3v) is 3.94. The topological polar surface area (TPSA) is 71.3 Å². The predicted molar refractivity (Wildman–Crippen MR) is 85.6 cm³/mol. The predicted octanol–water partition coefficient (Wildman–Crippen LogP) is 2.36. The van der Waals surface area contributed by atoms with Crippen LogP contribution in [0.5, 0.6) is 0 Å². The molecule has 118 valence electrons. The molecule has 0 bridgehead atoms. The van der Waals surface area contributed by atoms with E-state index in [0.29, 0.717) is 31.0 Å². The van der Waals surface area contributed by atoms with Crippen LogP contribution in [0.15, 0.2) is 16.7 Å². The van der Waals surface area contributed by atoms with E-state index in [1.165, 1.54) is 6.26 Å². The smallest absolute Gasteiger partial charge is 0.287 e. The molecule has 0 spiro atoms. The van der Waals surface area contributed by atoms with Gasteiger partial charge < -0.3 is 15.1 Å². The van der Waals surface area contributed by atoms with E-state index < -0.39 is 0 Å². The summed E-state index contributed by atoms with van der Waals surface area (Å²) in [6, 6.07) is 1.75. The fourth-order valence-corrected chi connectivity index (χ4v) is 2.20. The van der Waals surface area contributed by atoms with Crippen molar-refractivity contribution in [3.63, 3.8) is 0 Å². The van der Waals surface area contributed by atoms with Gasteiger partial charge in [-0.2, -0.15) is 0 Å². The molecule has 6 heteroatoms. The molecule has 0 saturated carbocycles. The Bertz CT molecular complexity index is 478. The molecule has 2 N–H and O–H groups in total. The number of hydrogen-bond acceptors (Lipinski definition) is 4. The summed E-state index contributed by atoms with van der Waals surface area (Å²) in [7, 11) is 0. The maximum absolute atomic E-state index is 11.7. The zero-order valence-electron chi connectivity index (χ0n) is 13.1. The highest BCUT2D eigenvalue weighted by Crippen LogP contribution is 2.22. The van der Waals surface area contributed by atoms with Gasteiger partial charge in [0.05, 0.1) is 12.0 Å². The second kappa shape index (κ2) is 8.12. The summed E-state index contributed by atoms with van der Waals surface area (Å²) in [5.41, 5.74) is 0.819. The lowest BCUT2D eigenvalue weighted by Gasteiger charge is -2.16. The minimum atomic E-state index is -0.216. The summed E-state index contributed by atoms with van der Waals surface area (Å²) >= 11 is 1.62. The van der Waals surface area contributed by atoms with Gasteiger partial charge in [0.1, 0.15) is 0 Å². The molecule has 0 saturated heterocycles. The van der Waals surface area contributed by atoms with Crippen molar-refractivity contribution in [3.05, 3.63) is 23.7 Å². The Balaban J connectivity index is 2.11. The van der Waals surface area contributed by atoms with Gasteiger partial charge in [-0.1, -0.05) is 20.8 Å². The van der Waals surface area contributed by atoms with E-state index in [9.17, 15) is 9.59 Å². The van der Waals surface area contributed by atoms with Crippen LogP contribution in [0, 0.1) is 6.92 Å². The zero-order chi connectivity index (χ0) is 15.9. The Morgan fingerprint density at radius 1 is 1.24 bits per heavy atom. The minimum Gasteiger partial charge on any atom is -0.459 e. The third-order valence-electron chi connectivity index (χ3n) is 2.67. The lowest BCUT2D eigenvalue weighted by molar-refractivity contribution is -0.118. The van der Waals surface area contributed by atoms with Crippen LogP contribution in [0.1, 0.15) is 43.3 Å². The fraction of sp³-hybridized carbons (Fsp3) is 0.600. The first-order valence-corrected chi connectivity index (χ1v) is 8.01. The SMILES string of the molecule is Cc1ccoc1C(=O)NCCCNC(=O)CSC(C)(C)C. The van der Waals surface area contributed by atoms with Crippen molar-refractivity contribution in [2.75, 3.05) is 18.8 Å². The van der Waals surface area contributed by atoms with E-state index >= 15 is 0 Å². The molecule has 2 amide bonds. The second-order valence-corrected chi connectivity index (χ2v) is 7.60. The van der Waals surface area contributed by atoms with Crippen molar-refractivity contribution in [1.82, 2.24) is 10.6 Å². The summed E-state index contributed by atoms with van der Waals surface area (Å²) in [5.74, 6) is 0.623. The standard InChI is InChI=1S/C15H24N2O3S/c1-11-6-9-20-13(11)14(19)17-8-5-7-16-12(18)10-21-15(2,3)4/h6,9H,5,7-8,10H2,1-4H3,(H,16,18)(H,17,19). The van der Waals surface area contributed by atoms with Gasteiger partial charge >= 0.3 is 0 Å². The largest absolute Gasteiger partial charge is 0.459 e. The number of carbonyl (C=O) groups excluding carboxylic acids is 2. The third kappa shape index (κ3) is 7.22. The van der Waals surface area contributed by atoms with Gasteiger partial charge in [-0.15, -0.1) is 11.8 Å². The van der Waals surface area contributed by atoms with Crippen molar-refractivity contribution < 1.29 is 14.0 Å². The first-order valence-electron chi connectivity index (χ1n) is 7.02. The van der Waals surface area contributed by atoms with Crippen molar-refractivity contribution in [3.8, 4) is 0 Å². The van der Waals surface area contributed by atoms with Crippen molar-refractivity contribution >= 4 is 23.6 Å². The van der Waals surface area contributed by atoms with E-state index in [1.54, 1.807) is 17.8 Å². The van der Waals surface area contributed by atoms with Gasteiger partial charge in [-0.3, -0.25) is 9.59 Å². The Labute approximate surface area is 130 Å². The number of amides is 2. The molecule has 0 unspecified atom stereocenters. The molecule has 0 aliphatic heterocycles. The van der Waals surface area contributed by atoms with Crippen molar-refractivity contribution in [1.29, 1.82) is 0 Å². The number of aryl methyl sites for hydroxylation is 1. The molecule has 0 fully saturated rings. The van der Waals surface area contributed by atoms with Crippen LogP contribution >= 0.6 is 11.8 Å². The quantitative estimate of drug-likeness (QED) is 0.758. The van der Waals surface area contributed by atoms with Crippen LogP contribution in [0.3, 0.4) is 0 Å². The van der Waals surface area contributed by atoms with E-state index in [-0.39, 0.29) is 16.6 Å². The van der Waals surface area contributed by atoms with Crippen LogP contribution in [-0.4, -0.2) is 35.4 Å². The average Bonchev–Trinajstić information content (AvgIpc) is 2.81. The molecular weight excluding hydrogens is 288 g/mol. The molecule has 0 aliphatic rings. The van der Waals surface area contributed by atoms with Crippen LogP contribution < -0.4 is 10.6 Å². The molecule has 21 heavy (non-hydrogen) atoms. The molecular formula is C15H24N2O3S. The number of furan rings is 1. The Morgan fingerprint density at radius 3 is 2.48 bits per heavy atom. The Kier molecular flexibility index (Phi) is 6.81. The normalized spacial score (nSPS) is 11.2. The molecule has 0 aromatic carbocycles. The molecule has 1 rings (SSSR count). The van der Waals surface area contributed by atoms with Gasteiger partial charge in [0.2, 0.25) is 5.91 Å². The first-order chi connectivity index (χ1) is 9.79. The van der Waals surface area contributed by atoms with E-state index in [1.807, 2.05) is 6.92 Å². The Morgan fingerprint density at radius 2 is 1.90 bits per heavy atom. The monoisotopic (exact) mass is 312 g/mol. The molecule has 5 nitrogen and oxygen atoms in total. The fourth-order valence-electron chi connectivity index (χ4n) is 1.54. The summed E-state index contributed by atoms with van der Waals surface area (Å²) < 4.78 is 5.19. The minimum absolute atomic E-state index is 0.0307. The highest BCUT2D eigenvalue weighted by atomic mass is 32.2. The number of rotatable bonds is 7. The number of thioether (sulfide) groups is 1. The number of nitrogens with one attached hydrogen (secondary N) is 2. The highest BCUT2D eigenvalue weighted by Gasteiger charge is 2.13. The van der Waals surface area contributed by atoms with Crippen LogP contribution in [0.2, 0.25) is 0 Å². The van der Waals surface area contributed by atoms with Crippen molar-refractivity contribution in [2.24, 2.45) is 0 Å². The zero-order valence-corrected chi connectivity index (χ0v) is 13.9. The van der Waals surface area contributed by atoms with Gasteiger partial charge in [-0.25, -0.2) is 0 Å². The molecule has 1 heterocycles. The molecule has 0 atom stereocenters. The molecule has 0 aliphatic carbocycles. The average molecular weight is 312 g/mol. The van der Waals surface area contributed by atoms with E-state index in [2.05, 4.69) is 31.4 Å². The summed E-state index contributed by atoms with van der Waals surface area (Å²) in [4.78, 5) is 23.3. The van der Waals surface area contributed by atoms with Crippen molar-refractivity contribution in [2.45, 2.75) is 38.9 Å². The Hall–Kier alpha value is -1.43. The lowest BCUT2D eigenvalue weighted by Crippen LogP contribution is -2.31. The summed E-state index contributed by atoms with van der Waals surface area (Å²) in [6.45, 7) is 9.13. The van der Waals surface area contributed by atoms with Crippen LogP contribution in [-0.2, 0) is 4.79 Å². The maximum atomic E-state index is 11.7. The van der Waals surface area contributed by atoms with Gasteiger partial charge in [-0.05, 0) is 19.4 Å². The lowest BCUT2D eigenvalue weighted by atomic mass is 10.2. The molecule has 1 aromatic rings. The second-order valence-electron chi connectivity index (χ2n) is 5.79. The molecule has 1 aromatic heterocycles. The van der Waals surface area contributed by atoms with E-state index in [4.69, 9.17) is 4.42 Å². The van der Waals surface area contributed by atoms with Crippen LogP contribution in [0.4, 0.5) is 0 Å². The first kappa shape index (κ1) is 17.6. The van der Waals surface area contributed by atoms with Gasteiger partial charge in [0.25, 0.3) is 5.91 Å². The molecule has 0 radical (unpaired) electrons. The maximum Gasteiger partial charge on any atom is 0.287 e. The van der Waals surface area contributed by atoms with Crippen LogP contribution in [0.25, 0.3) is 0 Å².